The number of nitrogens with one attached hydrogen (secondary N) is 1. The number of aryl methyl sites for hydroxylation is 1. The quantitative estimate of drug-likeness (QED) is 0.739. The lowest BCUT2D eigenvalue weighted by Gasteiger charge is -2.25. The molecule has 1 amide bonds. The third kappa shape index (κ3) is 1.14. The Balaban J connectivity index is 2.11. The lowest BCUT2D eigenvalue weighted by molar-refractivity contribution is -0.124. The molecular weight excluding hydrogens is 186 g/mol. The van der Waals surface area contributed by atoms with Crippen molar-refractivity contribution in [1.29, 1.82) is 0 Å². The second-order valence-corrected chi connectivity index (χ2v) is 4.61. The summed E-state index contributed by atoms with van der Waals surface area (Å²) in [5.41, 5.74) is 3.83. The highest BCUT2D eigenvalue weighted by molar-refractivity contribution is 5.93. The van der Waals surface area contributed by atoms with Crippen LogP contribution in [0.25, 0.3) is 0 Å². The van der Waals surface area contributed by atoms with Gasteiger partial charge in [0.05, 0.1) is 5.41 Å². The van der Waals surface area contributed by atoms with E-state index in [1.165, 1.54) is 16.7 Å². The van der Waals surface area contributed by atoms with Crippen LogP contribution < -0.4 is 5.32 Å². The molecule has 78 valence electrons. The second kappa shape index (κ2) is 2.84. The molecule has 1 fully saturated rings. The van der Waals surface area contributed by atoms with Crippen LogP contribution in [0.3, 0.4) is 0 Å². The summed E-state index contributed by atoms with van der Waals surface area (Å²) in [5.74, 6) is 0.235. The van der Waals surface area contributed by atoms with Crippen LogP contribution in [-0.2, 0) is 23.2 Å². The van der Waals surface area contributed by atoms with Gasteiger partial charge in [-0.3, -0.25) is 4.79 Å². The molecular formula is C13H15NO. The summed E-state index contributed by atoms with van der Waals surface area (Å²) < 4.78 is 0. The Morgan fingerprint density at radius 1 is 1.40 bits per heavy atom. The van der Waals surface area contributed by atoms with Gasteiger partial charge in [0.25, 0.3) is 0 Å². The number of carbonyl (C=O) groups is 1. The molecule has 0 bridgehead atoms. The van der Waals surface area contributed by atoms with Crippen molar-refractivity contribution in [2.75, 3.05) is 0 Å². The van der Waals surface area contributed by atoms with E-state index >= 15 is 0 Å². The van der Waals surface area contributed by atoms with Crippen molar-refractivity contribution < 1.29 is 4.79 Å². The van der Waals surface area contributed by atoms with Crippen molar-refractivity contribution >= 4 is 5.91 Å². The smallest absolute Gasteiger partial charge is 0.230 e. The van der Waals surface area contributed by atoms with Gasteiger partial charge in [0.1, 0.15) is 0 Å². The fourth-order valence-corrected chi connectivity index (χ4v) is 2.57. The summed E-state index contributed by atoms with van der Waals surface area (Å²) in [7, 11) is 0. The first-order valence-corrected chi connectivity index (χ1v) is 5.67. The predicted octanol–water partition coefficient (Wildman–Crippen LogP) is 1.91. The van der Waals surface area contributed by atoms with E-state index in [1.54, 1.807) is 0 Å². The third-order valence-corrected chi connectivity index (χ3v) is 3.72. The number of hydrogen-bond acceptors (Lipinski definition) is 1. The number of rotatable bonds is 1. The van der Waals surface area contributed by atoms with E-state index < -0.39 is 0 Å². The van der Waals surface area contributed by atoms with E-state index in [2.05, 4.69) is 30.4 Å². The Hall–Kier alpha value is -1.31. The third-order valence-electron chi connectivity index (χ3n) is 3.72. The lowest BCUT2D eigenvalue weighted by Crippen LogP contribution is -2.39. The predicted molar refractivity (Wildman–Crippen MR) is 58.6 cm³/mol. The summed E-state index contributed by atoms with van der Waals surface area (Å²) >= 11 is 0. The first-order valence-electron chi connectivity index (χ1n) is 5.67. The zero-order valence-electron chi connectivity index (χ0n) is 8.97. The first-order chi connectivity index (χ1) is 7.26. The number of amides is 1. The average molecular weight is 201 g/mol. The molecule has 1 aliphatic heterocycles. The molecule has 0 radical (unpaired) electrons. The molecule has 1 N–H and O–H groups in total. The molecule has 0 unspecified atom stereocenters. The molecule has 2 heteroatoms. The van der Waals surface area contributed by atoms with Crippen LogP contribution in [0.5, 0.6) is 0 Å². The summed E-state index contributed by atoms with van der Waals surface area (Å²) in [6.07, 6.45) is 3.11. The van der Waals surface area contributed by atoms with Gasteiger partial charge in [-0.15, -0.1) is 0 Å². The number of carbonyl (C=O) groups excluding carboxylic acids is 1. The molecule has 0 atom stereocenters. The molecule has 0 aromatic heterocycles. The molecule has 3 rings (SSSR count). The Labute approximate surface area is 89.7 Å². The van der Waals surface area contributed by atoms with Crippen molar-refractivity contribution in [3.63, 3.8) is 0 Å². The van der Waals surface area contributed by atoms with Gasteiger partial charge in [0.2, 0.25) is 5.91 Å². The lowest BCUT2D eigenvalue weighted by atomic mass is 9.86. The minimum absolute atomic E-state index is 0.139. The SMILES string of the molecule is CCc1ccc2c(c1)CNC(=O)C21CC1. The van der Waals surface area contributed by atoms with E-state index in [4.69, 9.17) is 0 Å². The monoisotopic (exact) mass is 201 g/mol. The Morgan fingerprint density at radius 3 is 2.87 bits per heavy atom. The van der Waals surface area contributed by atoms with Crippen molar-refractivity contribution in [2.24, 2.45) is 0 Å². The van der Waals surface area contributed by atoms with Crippen LogP contribution in [0.2, 0.25) is 0 Å². The average Bonchev–Trinajstić information content (AvgIpc) is 3.05. The van der Waals surface area contributed by atoms with Crippen molar-refractivity contribution in [2.45, 2.75) is 38.1 Å². The van der Waals surface area contributed by atoms with Gasteiger partial charge in [0.15, 0.2) is 0 Å². The molecule has 1 saturated carbocycles. The van der Waals surface area contributed by atoms with Gasteiger partial charge in [0, 0.05) is 6.54 Å². The van der Waals surface area contributed by atoms with Crippen LogP contribution in [0.1, 0.15) is 36.5 Å². The number of benzene rings is 1. The van der Waals surface area contributed by atoms with E-state index in [-0.39, 0.29) is 11.3 Å². The van der Waals surface area contributed by atoms with Gasteiger partial charge in [-0.1, -0.05) is 25.1 Å². The standard InChI is InChI=1S/C13H15NO/c1-2-9-3-4-11-10(7-9)8-14-12(15)13(11)5-6-13/h3-4,7H,2,5-6,8H2,1H3,(H,14,15). The highest BCUT2D eigenvalue weighted by Crippen LogP contribution is 2.51. The fourth-order valence-electron chi connectivity index (χ4n) is 2.57. The maximum atomic E-state index is 11.8. The maximum Gasteiger partial charge on any atom is 0.230 e. The Bertz CT molecular complexity index is 432. The molecule has 15 heavy (non-hydrogen) atoms. The zero-order valence-corrected chi connectivity index (χ0v) is 8.97. The molecule has 1 spiro atoms. The zero-order chi connectivity index (χ0) is 10.5. The topological polar surface area (TPSA) is 29.1 Å². The van der Waals surface area contributed by atoms with Crippen molar-refractivity contribution in [3.8, 4) is 0 Å². The van der Waals surface area contributed by atoms with Crippen LogP contribution in [0.4, 0.5) is 0 Å². The molecule has 0 saturated heterocycles. The van der Waals surface area contributed by atoms with Gasteiger partial charge in [-0.2, -0.15) is 0 Å². The number of fused-ring (bicyclic) bond motifs is 2. The Morgan fingerprint density at radius 2 is 2.20 bits per heavy atom. The van der Waals surface area contributed by atoms with Crippen LogP contribution in [-0.4, -0.2) is 5.91 Å². The minimum Gasteiger partial charge on any atom is -0.351 e. The normalized spacial score (nSPS) is 21.0. The summed E-state index contributed by atoms with van der Waals surface area (Å²) in [4.78, 5) is 11.8. The van der Waals surface area contributed by atoms with Crippen LogP contribution >= 0.6 is 0 Å². The first kappa shape index (κ1) is 8.96. The van der Waals surface area contributed by atoms with Gasteiger partial charge in [-0.25, -0.2) is 0 Å². The van der Waals surface area contributed by atoms with Gasteiger partial charge >= 0.3 is 0 Å². The van der Waals surface area contributed by atoms with Gasteiger partial charge in [-0.05, 0) is 36.0 Å². The Kier molecular flexibility index (Phi) is 1.70. The van der Waals surface area contributed by atoms with Crippen molar-refractivity contribution in [3.05, 3.63) is 34.9 Å². The highest BCUT2D eigenvalue weighted by Gasteiger charge is 2.53. The molecule has 1 heterocycles. The van der Waals surface area contributed by atoms with Crippen LogP contribution in [0, 0.1) is 0 Å². The second-order valence-electron chi connectivity index (χ2n) is 4.61. The molecule has 2 aliphatic rings. The van der Waals surface area contributed by atoms with Crippen LogP contribution in [0.15, 0.2) is 18.2 Å². The van der Waals surface area contributed by atoms with E-state index in [9.17, 15) is 4.79 Å². The largest absolute Gasteiger partial charge is 0.351 e. The fraction of sp³-hybridized carbons (Fsp3) is 0.462. The molecule has 1 aliphatic carbocycles. The van der Waals surface area contributed by atoms with E-state index in [0.29, 0.717) is 6.54 Å². The summed E-state index contributed by atoms with van der Waals surface area (Å²) in [6, 6.07) is 6.58. The molecule has 1 aromatic rings. The minimum atomic E-state index is -0.139. The maximum absolute atomic E-state index is 11.8. The van der Waals surface area contributed by atoms with E-state index in [0.717, 1.165) is 19.3 Å². The highest BCUT2D eigenvalue weighted by atomic mass is 16.2. The summed E-state index contributed by atoms with van der Waals surface area (Å²) in [6.45, 7) is 2.87. The van der Waals surface area contributed by atoms with E-state index in [1.807, 2.05) is 0 Å². The van der Waals surface area contributed by atoms with Gasteiger partial charge < -0.3 is 5.32 Å². The van der Waals surface area contributed by atoms with Crippen molar-refractivity contribution in [1.82, 2.24) is 5.32 Å². The molecule has 1 aromatic carbocycles. The molecule has 2 nitrogen and oxygen atoms in total. The summed E-state index contributed by atoms with van der Waals surface area (Å²) in [5, 5.41) is 3.00. The number of hydrogen-bond donors (Lipinski definition) is 1.